The highest BCUT2D eigenvalue weighted by atomic mass is 19.1. The Kier molecular flexibility index (Phi) is 4.24. The molecule has 0 aliphatic carbocycles. The van der Waals surface area contributed by atoms with E-state index in [1.54, 1.807) is 0 Å². The normalized spacial score (nSPS) is 13.9. The molecule has 134 valence electrons. The van der Waals surface area contributed by atoms with Gasteiger partial charge in [-0.25, -0.2) is 4.39 Å². The lowest BCUT2D eigenvalue weighted by Crippen LogP contribution is -2.18. The van der Waals surface area contributed by atoms with Crippen molar-refractivity contribution in [2.75, 3.05) is 0 Å². The van der Waals surface area contributed by atoms with Crippen LogP contribution in [0.5, 0.6) is 11.5 Å². The Labute approximate surface area is 156 Å². The smallest absolute Gasteiger partial charge is 0.160 e. The zero-order chi connectivity index (χ0) is 19.0. The minimum atomic E-state index is -0.478. The quantitative estimate of drug-likeness (QED) is 0.487. The van der Waals surface area contributed by atoms with Gasteiger partial charge in [-0.2, -0.15) is 0 Å². The summed E-state index contributed by atoms with van der Waals surface area (Å²) in [5.41, 5.74) is 2.25. The molecular formula is C23H17FO3. The summed E-state index contributed by atoms with van der Waals surface area (Å²) >= 11 is 0. The second-order valence-electron chi connectivity index (χ2n) is 6.44. The molecule has 1 aliphatic heterocycles. The van der Waals surface area contributed by atoms with Gasteiger partial charge in [0.25, 0.3) is 0 Å². The van der Waals surface area contributed by atoms with E-state index in [-0.39, 0.29) is 17.1 Å². The Balaban J connectivity index is 1.98. The molecule has 3 aromatic rings. The number of hydrogen-bond donors (Lipinski definition) is 1. The van der Waals surface area contributed by atoms with E-state index in [0.717, 1.165) is 11.1 Å². The average molecular weight is 360 g/mol. The van der Waals surface area contributed by atoms with Crippen LogP contribution in [0.1, 0.15) is 29.5 Å². The van der Waals surface area contributed by atoms with Crippen LogP contribution in [0.25, 0.3) is 5.76 Å². The third kappa shape index (κ3) is 2.99. The van der Waals surface area contributed by atoms with Gasteiger partial charge in [-0.15, -0.1) is 0 Å². The summed E-state index contributed by atoms with van der Waals surface area (Å²) in [6.45, 7) is 1.43. The van der Waals surface area contributed by atoms with Crippen LogP contribution in [0.2, 0.25) is 0 Å². The molecule has 1 N–H and O–H groups in total. The van der Waals surface area contributed by atoms with Crippen LogP contribution >= 0.6 is 0 Å². The maximum atomic E-state index is 13.3. The van der Waals surface area contributed by atoms with Crippen LogP contribution in [-0.2, 0) is 4.79 Å². The Morgan fingerprint density at radius 2 is 1.41 bits per heavy atom. The fourth-order valence-corrected chi connectivity index (χ4v) is 3.49. The molecule has 0 fully saturated rings. The van der Waals surface area contributed by atoms with Crippen LogP contribution in [-0.4, -0.2) is 10.9 Å². The van der Waals surface area contributed by atoms with Gasteiger partial charge < -0.3 is 9.84 Å². The van der Waals surface area contributed by atoms with Crippen molar-refractivity contribution in [2.24, 2.45) is 0 Å². The second kappa shape index (κ2) is 6.72. The number of allylic oxidation sites excluding steroid dienone is 1. The van der Waals surface area contributed by atoms with Gasteiger partial charge >= 0.3 is 0 Å². The lowest BCUT2D eigenvalue weighted by molar-refractivity contribution is -0.113. The van der Waals surface area contributed by atoms with Gasteiger partial charge in [0.1, 0.15) is 23.1 Å². The minimum Gasteiger partial charge on any atom is -0.507 e. The predicted molar refractivity (Wildman–Crippen MR) is 101 cm³/mol. The highest BCUT2D eigenvalue weighted by molar-refractivity contribution is 6.02. The monoisotopic (exact) mass is 360 g/mol. The summed E-state index contributed by atoms with van der Waals surface area (Å²) in [4.78, 5) is 12.6. The summed E-state index contributed by atoms with van der Waals surface area (Å²) in [6, 6.07) is 20.4. The number of para-hydroxylation sites is 2. The van der Waals surface area contributed by atoms with Gasteiger partial charge in [0.05, 0.1) is 0 Å². The van der Waals surface area contributed by atoms with Crippen LogP contribution in [0.15, 0.2) is 78.4 Å². The number of ketones is 1. The van der Waals surface area contributed by atoms with E-state index in [1.165, 1.54) is 31.2 Å². The summed E-state index contributed by atoms with van der Waals surface area (Å²) < 4.78 is 19.3. The lowest BCUT2D eigenvalue weighted by Gasteiger charge is -2.29. The molecule has 3 aromatic carbocycles. The van der Waals surface area contributed by atoms with E-state index >= 15 is 0 Å². The van der Waals surface area contributed by atoms with E-state index in [4.69, 9.17) is 4.74 Å². The number of halogens is 1. The highest BCUT2D eigenvalue weighted by Crippen LogP contribution is 2.48. The number of fused-ring (bicyclic) bond motifs is 2. The molecule has 27 heavy (non-hydrogen) atoms. The number of carbonyl (C=O) groups excluding carboxylic acids is 1. The van der Waals surface area contributed by atoms with Gasteiger partial charge in [-0.1, -0.05) is 36.4 Å². The van der Waals surface area contributed by atoms with Crippen molar-refractivity contribution < 1.29 is 19.0 Å². The molecule has 1 heterocycles. The average Bonchev–Trinajstić information content (AvgIpc) is 2.68. The van der Waals surface area contributed by atoms with E-state index in [9.17, 15) is 14.3 Å². The van der Waals surface area contributed by atoms with Crippen LogP contribution in [0, 0.1) is 5.82 Å². The van der Waals surface area contributed by atoms with E-state index < -0.39 is 11.7 Å². The summed E-state index contributed by atoms with van der Waals surface area (Å²) in [5, 5.41) is 10.9. The fourth-order valence-electron chi connectivity index (χ4n) is 3.49. The summed E-state index contributed by atoms with van der Waals surface area (Å²) in [7, 11) is 0. The van der Waals surface area contributed by atoms with Crippen molar-refractivity contribution in [1.82, 2.24) is 0 Å². The van der Waals surface area contributed by atoms with Crippen molar-refractivity contribution in [1.29, 1.82) is 0 Å². The van der Waals surface area contributed by atoms with Gasteiger partial charge in [0, 0.05) is 28.2 Å². The van der Waals surface area contributed by atoms with Crippen LogP contribution < -0.4 is 4.74 Å². The molecule has 4 rings (SSSR count). The first kappa shape index (κ1) is 17.0. The van der Waals surface area contributed by atoms with E-state index in [0.29, 0.717) is 17.1 Å². The molecule has 1 aliphatic rings. The van der Waals surface area contributed by atoms with Gasteiger partial charge in [-0.05, 0) is 43.3 Å². The number of ether oxygens (including phenoxy) is 1. The zero-order valence-corrected chi connectivity index (χ0v) is 14.6. The minimum absolute atomic E-state index is 0.154. The molecule has 0 amide bonds. The van der Waals surface area contributed by atoms with Crippen LogP contribution in [0.4, 0.5) is 4.39 Å². The van der Waals surface area contributed by atoms with E-state index in [1.807, 2.05) is 48.5 Å². The largest absolute Gasteiger partial charge is 0.507 e. The third-order valence-corrected chi connectivity index (χ3v) is 4.72. The molecule has 3 nitrogen and oxygen atoms in total. The second-order valence-corrected chi connectivity index (χ2v) is 6.44. The Morgan fingerprint density at radius 3 is 1.93 bits per heavy atom. The Morgan fingerprint density at radius 1 is 0.889 bits per heavy atom. The molecule has 0 radical (unpaired) electrons. The maximum absolute atomic E-state index is 13.3. The number of aliphatic hydroxyl groups is 1. The molecule has 0 saturated carbocycles. The molecule has 0 atom stereocenters. The standard InChI is InChI=1S/C23H17FO3/c1-14(25)21(23(26)15-10-12-16(24)13-11-15)22-17-6-2-4-8-19(17)27-20-9-5-3-7-18(20)22/h2-13,22,26H,1H3. The molecule has 0 bridgehead atoms. The first-order valence-electron chi connectivity index (χ1n) is 8.62. The lowest BCUT2D eigenvalue weighted by atomic mass is 9.79. The van der Waals surface area contributed by atoms with Crippen LogP contribution in [0.3, 0.4) is 0 Å². The van der Waals surface area contributed by atoms with Crippen molar-refractivity contribution in [2.45, 2.75) is 12.8 Å². The summed E-state index contributed by atoms with van der Waals surface area (Å²) in [6.07, 6.45) is 0. The fraction of sp³-hybridized carbons (Fsp3) is 0.0870. The number of Topliss-reactive ketones (excluding diaryl/α,β-unsaturated/α-hetero) is 1. The number of carbonyl (C=O) groups is 1. The molecule has 4 heteroatoms. The molecule has 0 unspecified atom stereocenters. The number of hydrogen-bond acceptors (Lipinski definition) is 3. The van der Waals surface area contributed by atoms with Crippen molar-refractivity contribution in [3.05, 3.63) is 101 Å². The number of aliphatic hydroxyl groups excluding tert-OH is 1. The number of benzene rings is 3. The third-order valence-electron chi connectivity index (χ3n) is 4.72. The molecular weight excluding hydrogens is 343 g/mol. The highest BCUT2D eigenvalue weighted by Gasteiger charge is 2.33. The molecule has 0 aromatic heterocycles. The molecule has 0 saturated heterocycles. The Bertz CT molecular complexity index is 1010. The van der Waals surface area contributed by atoms with Crippen molar-refractivity contribution >= 4 is 11.5 Å². The predicted octanol–water partition coefficient (Wildman–Crippen LogP) is 5.62. The Hall–Kier alpha value is -3.40. The maximum Gasteiger partial charge on any atom is 0.160 e. The first-order valence-corrected chi connectivity index (χ1v) is 8.62. The molecule has 0 spiro atoms. The zero-order valence-electron chi connectivity index (χ0n) is 14.6. The topological polar surface area (TPSA) is 46.5 Å². The SMILES string of the molecule is CC(=O)C(=C(O)c1ccc(F)cc1)C1c2ccccc2Oc2ccccc21. The van der Waals surface area contributed by atoms with Gasteiger partial charge in [-0.3, -0.25) is 4.79 Å². The van der Waals surface area contributed by atoms with Crippen molar-refractivity contribution in [3.8, 4) is 11.5 Å². The van der Waals surface area contributed by atoms with Crippen molar-refractivity contribution in [3.63, 3.8) is 0 Å². The van der Waals surface area contributed by atoms with Gasteiger partial charge in [0.15, 0.2) is 5.78 Å². The number of rotatable bonds is 3. The van der Waals surface area contributed by atoms with E-state index in [2.05, 4.69) is 0 Å². The first-order chi connectivity index (χ1) is 13.1. The summed E-state index contributed by atoms with van der Waals surface area (Å²) in [5.74, 6) is -0.00237. The van der Waals surface area contributed by atoms with Gasteiger partial charge in [0.2, 0.25) is 0 Å².